The lowest BCUT2D eigenvalue weighted by atomic mass is 10.2. The molecule has 1 amide bonds. The number of nitrogens with one attached hydrogen (secondary N) is 1. The molecule has 0 spiro atoms. The van der Waals surface area contributed by atoms with Crippen LogP contribution in [-0.4, -0.2) is 33.3 Å². The Hall–Kier alpha value is -2.25. The molecule has 0 atom stereocenters. The summed E-state index contributed by atoms with van der Waals surface area (Å²) in [6.45, 7) is 0.192. The molecule has 27 heavy (non-hydrogen) atoms. The van der Waals surface area contributed by atoms with Crippen molar-refractivity contribution >= 4 is 27.3 Å². The van der Waals surface area contributed by atoms with E-state index in [1.54, 1.807) is 18.2 Å². The van der Waals surface area contributed by atoms with Crippen LogP contribution < -0.4 is 14.8 Å². The summed E-state index contributed by atoms with van der Waals surface area (Å²) in [7, 11) is -0.721. The first-order valence-electron chi connectivity index (χ1n) is 8.33. The molecule has 1 aliphatic carbocycles. The van der Waals surface area contributed by atoms with Crippen molar-refractivity contribution in [1.82, 2.24) is 5.32 Å². The summed E-state index contributed by atoms with van der Waals surface area (Å²) in [6.07, 6.45) is 0.603. The van der Waals surface area contributed by atoms with Gasteiger partial charge in [-0.05, 0) is 54.8 Å². The lowest BCUT2D eigenvalue weighted by Crippen LogP contribution is -2.41. The minimum absolute atomic E-state index is 0.102. The van der Waals surface area contributed by atoms with Crippen LogP contribution in [0.5, 0.6) is 11.5 Å². The van der Waals surface area contributed by atoms with E-state index < -0.39 is 20.5 Å². The minimum atomic E-state index is -3.79. The van der Waals surface area contributed by atoms with E-state index in [4.69, 9.17) is 21.1 Å². The second-order valence-corrected chi connectivity index (χ2v) is 9.02. The number of rotatable bonds is 7. The van der Waals surface area contributed by atoms with Gasteiger partial charge in [-0.3, -0.25) is 4.79 Å². The number of carbonyl (C=O) groups excluding carboxylic acids is 1. The summed E-state index contributed by atoms with van der Waals surface area (Å²) in [5.74, 6) is 0.628. The third-order valence-electron chi connectivity index (χ3n) is 4.66. The molecule has 2 aromatic carbocycles. The van der Waals surface area contributed by atoms with Crippen molar-refractivity contribution in [3.8, 4) is 11.5 Å². The molecular formula is C19H20ClNO5S. The summed E-state index contributed by atoms with van der Waals surface area (Å²) in [5, 5.41) is 3.18. The Morgan fingerprint density at radius 2 is 1.70 bits per heavy atom. The van der Waals surface area contributed by atoms with Gasteiger partial charge in [-0.2, -0.15) is 0 Å². The molecule has 2 aromatic rings. The molecule has 0 aromatic heterocycles. The molecule has 8 heteroatoms. The summed E-state index contributed by atoms with van der Waals surface area (Å²) < 4.78 is 34.9. The molecule has 0 radical (unpaired) electrons. The molecule has 6 nitrogen and oxygen atoms in total. The molecule has 1 N–H and O–H groups in total. The highest BCUT2D eigenvalue weighted by Gasteiger charge is 2.61. The van der Waals surface area contributed by atoms with Gasteiger partial charge in [-0.15, -0.1) is 0 Å². The van der Waals surface area contributed by atoms with Gasteiger partial charge in [-0.25, -0.2) is 8.42 Å². The SMILES string of the molecule is COc1ccc(CNC(=O)C2(S(=O)(=O)c3ccc(Cl)cc3)CC2)cc1OC. The molecule has 0 aliphatic heterocycles. The van der Waals surface area contributed by atoms with Crippen molar-refractivity contribution in [2.45, 2.75) is 29.0 Å². The van der Waals surface area contributed by atoms with E-state index in [0.29, 0.717) is 29.4 Å². The minimum Gasteiger partial charge on any atom is -0.493 e. The summed E-state index contributed by atoms with van der Waals surface area (Å²) in [6, 6.07) is 11.1. The highest BCUT2D eigenvalue weighted by Crippen LogP contribution is 2.47. The number of amides is 1. The fourth-order valence-corrected chi connectivity index (χ4v) is 4.93. The van der Waals surface area contributed by atoms with Gasteiger partial charge in [0.05, 0.1) is 19.1 Å². The van der Waals surface area contributed by atoms with Crippen molar-refractivity contribution in [3.05, 3.63) is 53.1 Å². The first kappa shape index (κ1) is 19.5. The largest absolute Gasteiger partial charge is 0.493 e. The standard InChI is InChI=1S/C19H20ClNO5S/c1-25-16-8-3-13(11-17(16)26-2)12-21-18(22)19(9-10-19)27(23,24)15-6-4-14(20)5-7-15/h3-8,11H,9-10,12H2,1-2H3,(H,21,22). The Bertz CT molecular complexity index is 953. The first-order valence-corrected chi connectivity index (χ1v) is 10.2. The topological polar surface area (TPSA) is 81.7 Å². The predicted octanol–water partition coefficient (Wildman–Crippen LogP) is 2.98. The van der Waals surface area contributed by atoms with E-state index in [0.717, 1.165) is 5.56 Å². The molecule has 1 fully saturated rings. The normalized spacial score (nSPS) is 15.1. The van der Waals surface area contributed by atoms with E-state index in [-0.39, 0.29) is 11.4 Å². The van der Waals surface area contributed by atoms with Crippen molar-refractivity contribution in [2.24, 2.45) is 0 Å². The maximum absolute atomic E-state index is 12.9. The molecule has 0 saturated heterocycles. The smallest absolute Gasteiger partial charge is 0.242 e. The third-order valence-corrected chi connectivity index (χ3v) is 7.42. The van der Waals surface area contributed by atoms with E-state index in [9.17, 15) is 13.2 Å². The van der Waals surface area contributed by atoms with Gasteiger partial charge in [0.2, 0.25) is 5.91 Å². The second kappa shape index (κ2) is 7.40. The molecule has 0 heterocycles. The summed E-state index contributed by atoms with van der Waals surface area (Å²) in [5.41, 5.74) is 0.778. The summed E-state index contributed by atoms with van der Waals surface area (Å²) in [4.78, 5) is 12.8. The van der Waals surface area contributed by atoms with Crippen LogP contribution in [-0.2, 0) is 21.2 Å². The molecule has 0 bridgehead atoms. The van der Waals surface area contributed by atoms with Gasteiger partial charge in [0, 0.05) is 11.6 Å². The molecule has 1 saturated carbocycles. The zero-order valence-corrected chi connectivity index (χ0v) is 16.6. The monoisotopic (exact) mass is 409 g/mol. The Labute approximate surface area is 163 Å². The number of hydrogen-bond donors (Lipinski definition) is 1. The maximum Gasteiger partial charge on any atom is 0.242 e. The zero-order chi connectivity index (χ0) is 19.7. The highest BCUT2D eigenvalue weighted by molar-refractivity contribution is 7.94. The van der Waals surface area contributed by atoms with Crippen molar-refractivity contribution in [1.29, 1.82) is 0 Å². The van der Waals surface area contributed by atoms with Gasteiger partial charge in [0.1, 0.15) is 0 Å². The molecular weight excluding hydrogens is 390 g/mol. The number of methoxy groups -OCH3 is 2. The van der Waals surface area contributed by atoms with Gasteiger partial charge < -0.3 is 14.8 Å². The Balaban J connectivity index is 1.75. The molecule has 144 valence electrons. The van der Waals surface area contributed by atoms with Crippen LogP contribution >= 0.6 is 11.6 Å². The van der Waals surface area contributed by atoms with Crippen LogP contribution in [0.2, 0.25) is 5.02 Å². The van der Waals surface area contributed by atoms with Gasteiger partial charge in [-0.1, -0.05) is 17.7 Å². The number of carbonyl (C=O) groups is 1. The molecule has 3 rings (SSSR count). The number of hydrogen-bond acceptors (Lipinski definition) is 5. The van der Waals surface area contributed by atoms with Gasteiger partial charge in [0.25, 0.3) is 0 Å². The van der Waals surface area contributed by atoms with Crippen LogP contribution in [0.1, 0.15) is 18.4 Å². The quantitative estimate of drug-likeness (QED) is 0.760. The first-order chi connectivity index (χ1) is 12.8. The van der Waals surface area contributed by atoms with Crippen molar-refractivity contribution < 1.29 is 22.7 Å². The van der Waals surface area contributed by atoms with Gasteiger partial charge >= 0.3 is 0 Å². The van der Waals surface area contributed by atoms with Crippen molar-refractivity contribution in [3.63, 3.8) is 0 Å². The number of sulfone groups is 1. The molecule has 0 unspecified atom stereocenters. The van der Waals surface area contributed by atoms with E-state index in [2.05, 4.69) is 5.32 Å². The third kappa shape index (κ3) is 3.61. The van der Waals surface area contributed by atoms with Crippen LogP contribution in [0, 0.1) is 0 Å². The van der Waals surface area contributed by atoms with Crippen molar-refractivity contribution in [2.75, 3.05) is 14.2 Å². The fraction of sp³-hybridized carbons (Fsp3) is 0.316. The second-order valence-electron chi connectivity index (χ2n) is 6.32. The lowest BCUT2D eigenvalue weighted by Gasteiger charge is -2.17. The Morgan fingerprint density at radius 3 is 2.26 bits per heavy atom. The van der Waals surface area contributed by atoms with E-state index >= 15 is 0 Å². The zero-order valence-electron chi connectivity index (χ0n) is 15.0. The number of halogens is 1. The Morgan fingerprint density at radius 1 is 1.07 bits per heavy atom. The van der Waals surface area contributed by atoms with E-state index in [1.807, 2.05) is 0 Å². The number of benzene rings is 2. The van der Waals surface area contributed by atoms with Crippen LogP contribution in [0.15, 0.2) is 47.4 Å². The van der Waals surface area contributed by atoms with Crippen LogP contribution in [0.4, 0.5) is 0 Å². The van der Waals surface area contributed by atoms with E-state index in [1.165, 1.54) is 38.5 Å². The molecule has 1 aliphatic rings. The maximum atomic E-state index is 12.9. The number of ether oxygens (including phenoxy) is 2. The lowest BCUT2D eigenvalue weighted by molar-refractivity contribution is -0.121. The average molecular weight is 410 g/mol. The highest BCUT2D eigenvalue weighted by atomic mass is 35.5. The van der Waals surface area contributed by atoms with Crippen LogP contribution in [0.25, 0.3) is 0 Å². The van der Waals surface area contributed by atoms with Crippen LogP contribution in [0.3, 0.4) is 0 Å². The Kier molecular flexibility index (Phi) is 5.35. The van der Waals surface area contributed by atoms with Gasteiger partial charge in [0.15, 0.2) is 26.1 Å². The summed E-state index contributed by atoms with van der Waals surface area (Å²) >= 11 is 5.82. The average Bonchev–Trinajstić information content (AvgIpc) is 3.48. The predicted molar refractivity (Wildman–Crippen MR) is 102 cm³/mol. The fourth-order valence-electron chi connectivity index (χ4n) is 2.90.